The van der Waals surface area contributed by atoms with E-state index in [4.69, 9.17) is 0 Å². The predicted molar refractivity (Wildman–Crippen MR) is 102 cm³/mol. The average Bonchev–Trinajstić information content (AvgIpc) is 2.97. The van der Waals surface area contributed by atoms with Gasteiger partial charge in [0.05, 0.1) is 5.69 Å². The van der Waals surface area contributed by atoms with Crippen LogP contribution in [-0.4, -0.2) is 33.7 Å². The molecule has 4 rings (SSSR count). The van der Waals surface area contributed by atoms with Crippen molar-refractivity contribution in [2.45, 2.75) is 18.8 Å². The molecule has 0 N–H and O–H groups in total. The molecule has 0 aliphatic carbocycles. The Bertz CT molecular complexity index is 909. The molecule has 26 heavy (non-hydrogen) atoms. The van der Waals surface area contributed by atoms with Gasteiger partial charge in [0.15, 0.2) is 0 Å². The highest BCUT2D eigenvalue weighted by Gasteiger charge is 2.46. The van der Waals surface area contributed by atoms with Crippen LogP contribution in [0.15, 0.2) is 66.7 Å². The number of benzene rings is 2. The van der Waals surface area contributed by atoms with Crippen LogP contribution in [-0.2, 0) is 18.9 Å². The average molecular weight is 345 g/mol. The van der Waals surface area contributed by atoms with Crippen molar-refractivity contribution < 1.29 is 4.79 Å². The molecule has 0 saturated carbocycles. The third-order valence-corrected chi connectivity index (χ3v) is 5.27. The second-order valence-electron chi connectivity index (χ2n) is 7.26. The van der Waals surface area contributed by atoms with Crippen molar-refractivity contribution in [3.05, 3.63) is 89.2 Å². The van der Waals surface area contributed by atoms with Gasteiger partial charge < -0.3 is 4.90 Å². The zero-order valence-electron chi connectivity index (χ0n) is 15.2. The van der Waals surface area contributed by atoms with E-state index in [1.54, 1.807) is 4.68 Å². The van der Waals surface area contributed by atoms with Crippen molar-refractivity contribution >= 4 is 5.91 Å². The minimum atomic E-state index is -0.0219. The number of rotatable bonds is 4. The molecule has 0 radical (unpaired) electrons. The quantitative estimate of drug-likeness (QED) is 0.727. The number of aryl methyl sites for hydroxylation is 2. The van der Waals surface area contributed by atoms with Gasteiger partial charge >= 0.3 is 0 Å². The lowest BCUT2D eigenvalue weighted by Crippen LogP contribution is -2.62. The fourth-order valence-electron chi connectivity index (χ4n) is 3.98. The van der Waals surface area contributed by atoms with Crippen LogP contribution in [0, 0.1) is 6.92 Å². The first-order valence-electron chi connectivity index (χ1n) is 8.97. The minimum Gasteiger partial charge on any atom is -0.335 e. The van der Waals surface area contributed by atoms with E-state index in [0.29, 0.717) is 5.69 Å². The van der Waals surface area contributed by atoms with Gasteiger partial charge in [0.1, 0.15) is 5.69 Å². The van der Waals surface area contributed by atoms with Gasteiger partial charge in [-0.1, -0.05) is 60.7 Å². The van der Waals surface area contributed by atoms with Gasteiger partial charge in [-0.25, -0.2) is 0 Å². The summed E-state index contributed by atoms with van der Waals surface area (Å²) in [5.41, 5.74) is 4.11. The van der Waals surface area contributed by atoms with E-state index < -0.39 is 0 Å². The topological polar surface area (TPSA) is 38.1 Å². The highest BCUT2D eigenvalue weighted by Crippen LogP contribution is 2.38. The SMILES string of the molecule is Cc1cc(C(=O)N2CC(Cc3ccccc3)(c3ccccc3)C2)n(C)n1. The van der Waals surface area contributed by atoms with Gasteiger partial charge in [-0.3, -0.25) is 9.48 Å². The van der Waals surface area contributed by atoms with Crippen molar-refractivity contribution in [1.29, 1.82) is 0 Å². The Labute approximate surface area is 154 Å². The maximum absolute atomic E-state index is 12.9. The van der Waals surface area contributed by atoms with E-state index in [1.165, 1.54) is 11.1 Å². The van der Waals surface area contributed by atoms with Crippen LogP contribution in [0.1, 0.15) is 27.3 Å². The third-order valence-electron chi connectivity index (χ3n) is 5.27. The summed E-state index contributed by atoms with van der Waals surface area (Å²) in [5.74, 6) is 0.0627. The largest absolute Gasteiger partial charge is 0.335 e. The van der Waals surface area contributed by atoms with Crippen molar-refractivity contribution in [2.75, 3.05) is 13.1 Å². The van der Waals surface area contributed by atoms with Crippen molar-refractivity contribution in [1.82, 2.24) is 14.7 Å². The van der Waals surface area contributed by atoms with E-state index >= 15 is 0 Å². The standard InChI is InChI=1S/C22H23N3O/c1-17-13-20(24(2)23-17)21(26)25-15-22(16-25,19-11-7-4-8-12-19)14-18-9-5-3-6-10-18/h3-13H,14-16H2,1-2H3. The van der Waals surface area contributed by atoms with Gasteiger partial charge in [-0.15, -0.1) is 0 Å². The van der Waals surface area contributed by atoms with Gasteiger partial charge in [0.25, 0.3) is 5.91 Å². The first kappa shape index (κ1) is 16.6. The lowest BCUT2D eigenvalue weighted by Gasteiger charge is -2.51. The number of carbonyl (C=O) groups is 1. The highest BCUT2D eigenvalue weighted by molar-refractivity contribution is 5.93. The summed E-state index contributed by atoms with van der Waals surface area (Å²) in [4.78, 5) is 14.8. The van der Waals surface area contributed by atoms with Crippen molar-refractivity contribution in [3.63, 3.8) is 0 Å². The van der Waals surface area contributed by atoms with E-state index in [0.717, 1.165) is 25.2 Å². The molecule has 132 valence electrons. The molecule has 2 aromatic carbocycles. The van der Waals surface area contributed by atoms with Crippen LogP contribution in [0.25, 0.3) is 0 Å². The number of amides is 1. The summed E-state index contributed by atoms with van der Waals surface area (Å²) in [6, 6.07) is 23.0. The summed E-state index contributed by atoms with van der Waals surface area (Å²) in [7, 11) is 1.83. The van der Waals surface area contributed by atoms with Gasteiger partial charge in [-0.05, 0) is 30.5 Å². The Morgan fingerprint density at radius 1 is 1.04 bits per heavy atom. The Morgan fingerprint density at radius 2 is 1.65 bits per heavy atom. The Kier molecular flexibility index (Phi) is 4.11. The molecule has 4 nitrogen and oxygen atoms in total. The number of nitrogens with zero attached hydrogens (tertiary/aromatic N) is 3. The summed E-state index contributed by atoms with van der Waals surface area (Å²) >= 11 is 0. The predicted octanol–water partition coefficient (Wildman–Crippen LogP) is 3.37. The second kappa shape index (κ2) is 6.45. The molecule has 0 spiro atoms. The van der Waals surface area contributed by atoms with Crippen molar-refractivity contribution in [2.24, 2.45) is 7.05 Å². The molecule has 0 unspecified atom stereocenters. The number of likely N-dealkylation sites (tertiary alicyclic amines) is 1. The molecule has 1 fully saturated rings. The van der Waals surface area contributed by atoms with Crippen LogP contribution in [0.4, 0.5) is 0 Å². The summed E-state index contributed by atoms with van der Waals surface area (Å²) in [5, 5.41) is 4.30. The van der Waals surface area contributed by atoms with Crippen LogP contribution < -0.4 is 0 Å². The molecule has 1 aliphatic rings. The van der Waals surface area contributed by atoms with Crippen LogP contribution >= 0.6 is 0 Å². The highest BCUT2D eigenvalue weighted by atomic mass is 16.2. The smallest absolute Gasteiger partial charge is 0.272 e. The lowest BCUT2D eigenvalue weighted by molar-refractivity contribution is 0.0376. The van der Waals surface area contributed by atoms with Crippen LogP contribution in [0.2, 0.25) is 0 Å². The molecular formula is C22H23N3O. The first-order valence-corrected chi connectivity index (χ1v) is 8.97. The molecule has 3 aromatic rings. The maximum atomic E-state index is 12.9. The molecule has 1 aliphatic heterocycles. The molecular weight excluding hydrogens is 322 g/mol. The Morgan fingerprint density at radius 3 is 2.23 bits per heavy atom. The fourth-order valence-corrected chi connectivity index (χ4v) is 3.98. The molecule has 0 atom stereocenters. The summed E-state index contributed by atoms with van der Waals surface area (Å²) < 4.78 is 1.68. The summed E-state index contributed by atoms with van der Waals surface area (Å²) in [6.45, 7) is 3.38. The van der Waals surface area contributed by atoms with Gasteiger partial charge in [-0.2, -0.15) is 5.10 Å². The third kappa shape index (κ3) is 2.92. The maximum Gasteiger partial charge on any atom is 0.272 e. The lowest BCUT2D eigenvalue weighted by atomic mass is 9.69. The molecule has 0 bridgehead atoms. The molecule has 1 saturated heterocycles. The van der Waals surface area contributed by atoms with Gasteiger partial charge in [0, 0.05) is 25.6 Å². The number of aromatic nitrogens is 2. The molecule has 1 amide bonds. The van der Waals surface area contributed by atoms with E-state index in [-0.39, 0.29) is 11.3 Å². The van der Waals surface area contributed by atoms with E-state index in [9.17, 15) is 4.79 Å². The molecule has 1 aromatic heterocycles. The van der Waals surface area contributed by atoms with Crippen LogP contribution in [0.3, 0.4) is 0 Å². The number of carbonyl (C=O) groups excluding carboxylic acids is 1. The zero-order chi connectivity index (χ0) is 18.1. The minimum absolute atomic E-state index is 0.0219. The second-order valence-corrected chi connectivity index (χ2v) is 7.26. The van der Waals surface area contributed by atoms with Crippen LogP contribution in [0.5, 0.6) is 0 Å². The number of hydrogen-bond acceptors (Lipinski definition) is 2. The van der Waals surface area contributed by atoms with E-state index in [2.05, 4.69) is 53.6 Å². The molecule has 2 heterocycles. The Balaban J connectivity index is 1.59. The van der Waals surface area contributed by atoms with E-state index in [1.807, 2.05) is 37.1 Å². The van der Waals surface area contributed by atoms with Gasteiger partial charge in [0.2, 0.25) is 0 Å². The molecule has 4 heteroatoms. The number of hydrogen-bond donors (Lipinski definition) is 0. The fraction of sp³-hybridized carbons (Fsp3) is 0.273. The monoisotopic (exact) mass is 345 g/mol. The first-order chi connectivity index (χ1) is 12.6. The normalized spacial score (nSPS) is 15.5. The van der Waals surface area contributed by atoms with Crippen molar-refractivity contribution in [3.8, 4) is 0 Å². The summed E-state index contributed by atoms with van der Waals surface area (Å²) in [6.07, 6.45) is 0.937. The Hall–Kier alpha value is -2.88. The zero-order valence-corrected chi connectivity index (χ0v) is 15.2.